The van der Waals surface area contributed by atoms with Crippen LogP contribution in [0, 0.1) is 11.7 Å². The molecule has 3 aromatic rings. The van der Waals surface area contributed by atoms with Gasteiger partial charge < -0.3 is 18.9 Å². The van der Waals surface area contributed by atoms with Crippen LogP contribution in [0.15, 0.2) is 40.9 Å². The molecule has 6 rings (SSSR count). The maximum Gasteiger partial charge on any atom is 0.344 e. The van der Waals surface area contributed by atoms with Gasteiger partial charge in [-0.3, -0.25) is 0 Å². The number of nitrogens with zero attached hydrogens (tertiary/aromatic N) is 2. The van der Waals surface area contributed by atoms with E-state index in [1.165, 1.54) is 6.07 Å². The second-order valence-electron chi connectivity index (χ2n) is 11.8. The molecule has 0 amide bonds. The number of carbonyl (C=O) groups is 2. The summed E-state index contributed by atoms with van der Waals surface area (Å²) in [7, 11) is 0. The van der Waals surface area contributed by atoms with E-state index in [0.29, 0.717) is 45.7 Å². The van der Waals surface area contributed by atoms with Gasteiger partial charge in [-0.25, -0.2) is 14.0 Å². The van der Waals surface area contributed by atoms with Crippen LogP contribution in [0.2, 0.25) is 10.0 Å². The molecule has 3 atom stereocenters. The highest BCUT2D eigenvalue weighted by Crippen LogP contribution is 2.47. The number of ether oxygens (including phenoxy) is 2. The van der Waals surface area contributed by atoms with Crippen molar-refractivity contribution in [3.05, 3.63) is 69.1 Å². The number of hydrogen-bond donors (Lipinski definition) is 0. The van der Waals surface area contributed by atoms with E-state index in [4.69, 9.17) is 37.2 Å². The molecule has 1 saturated heterocycles. The molecule has 2 aromatic carbocycles. The van der Waals surface area contributed by atoms with Gasteiger partial charge in [0.1, 0.15) is 28.8 Å². The number of piperidine rings is 1. The molecule has 7 nitrogen and oxygen atoms in total. The fourth-order valence-electron chi connectivity index (χ4n) is 5.76. The quantitative estimate of drug-likeness (QED) is 0.277. The van der Waals surface area contributed by atoms with Gasteiger partial charge in [0.25, 0.3) is 0 Å². The third-order valence-electron chi connectivity index (χ3n) is 7.70. The number of fused-ring (bicyclic) bond motifs is 2. The van der Waals surface area contributed by atoms with E-state index in [2.05, 4.69) is 5.16 Å². The predicted octanol–water partition coefficient (Wildman–Crippen LogP) is 7.44. The van der Waals surface area contributed by atoms with Crippen LogP contribution in [-0.4, -0.2) is 41.4 Å². The summed E-state index contributed by atoms with van der Waals surface area (Å²) in [6.45, 7) is 5.83. The van der Waals surface area contributed by atoms with Crippen molar-refractivity contribution >= 4 is 40.8 Å². The summed E-state index contributed by atoms with van der Waals surface area (Å²) < 4.78 is 32.2. The van der Waals surface area contributed by atoms with E-state index in [0.717, 1.165) is 19.3 Å². The van der Waals surface area contributed by atoms with Crippen LogP contribution in [0.4, 0.5) is 10.1 Å². The van der Waals surface area contributed by atoms with Gasteiger partial charge in [-0.2, -0.15) is 0 Å². The Labute approximate surface area is 241 Å². The Morgan fingerprint density at radius 2 is 1.80 bits per heavy atom. The Bertz CT molecular complexity index is 1480. The standard InChI is InChI=1S/C30H29Cl2FN2O5/c1-30(2,3)39-28(36)16-9-10-22(21(33)12-16)35-14-17-11-18(35)13-23(17)38-29(37)25-26(34-40-27(25)15-7-8-15)24-19(31)5-4-6-20(24)32/h4-6,9-10,12,15,17-18,23H,7-8,11,13-14H2,1-3H3/t17-,18-,23+/m0/s1. The minimum absolute atomic E-state index is 0.00698. The summed E-state index contributed by atoms with van der Waals surface area (Å²) in [6, 6.07) is 9.54. The lowest BCUT2D eigenvalue weighted by atomic mass is 10.0. The molecule has 0 unspecified atom stereocenters. The highest BCUT2D eigenvalue weighted by Gasteiger charge is 2.48. The van der Waals surface area contributed by atoms with Crippen molar-refractivity contribution in [1.29, 1.82) is 0 Å². The van der Waals surface area contributed by atoms with Crippen molar-refractivity contribution in [2.24, 2.45) is 5.92 Å². The number of rotatable bonds is 6. The van der Waals surface area contributed by atoms with Gasteiger partial charge >= 0.3 is 11.9 Å². The fraction of sp³-hybridized carbons (Fsp3) is 0.433. The number of halogens is 3. The van der Waals surface area contributed by atoms with Crippen LogP contribution in [0.25, 0.3) is 11.3 Å². The highest BCUT2D eigenvalue weighted by atomic mass is 35.5. The lowest BCUT2D eigenvalue weighted by Gasteiger charge is -2.33. The number of aromatic nitrogens is 1. The van der Waals surface area contributed by atoms with Crippen molar-refractivity contribution in [3.8, 4) is 11.3 Å². The molecular weight excluding hydrogens is 558 g/mol. The Hall–Kier alpha value is -3.10. The van der Waals surface area contributed by atoms with E-state index in [1.54, 1.807) is 51.1 Å². The van der Waals surface area contributed by atoms with Gasteiger partial charge in [-0.05, 0) is 70.4 Å². The first-order chi connectivity index (χ1) is 19.0. The monoisotopic (exact) mass is 586 g/mol. The van der Waals surface area contributed by atoms with Gasteiger partial charge in [0.05, 0.1) is 21.3 Å². The van der Waals surface area contributed by atoms with E-state index >= 15 is 4.39 Å². The molecule has 0 radical (unpaired) electrons. The smallest absolute Gasteiger partial charge is 0.344 e. The second kappa shape index (κ2) is 10.1. The van der Waals surface area contributed by atoms with Gasteiger partial charge in [0, 0.05) is 36.4 Å². The molecule has 40 heavy (non-hydrogen) atoms. The Morgan fingerprint density at radius 3 is 2.40 bits per heavy atom. The Kier molecular flexibility index (Phi) is 6.82. The van der Waals surface area contributed by atoms with E-state index < -0.39 is 23.4 Å². The van der Waals surface area contributed by atoms with Crippen molar-refractivity contribution in [3.63, 3.8) is 0 Å². The first-order valence-electron chi connectivity index (χ1n) is 13.4. The van der Waals surface area contributed by atoms with Gasteiger partial charge in [0.15, 0.2) is 5.76 Å². The number of hydrogen-bond acceptors (Lipinski definition) is 7. The summed E-state index contributed by atoms with van der Waals surface area (Å²) in [5.41, 5.74) is 0.939. The van der Waals surface area contributed by atoms with E-state index in [-0.39, 0.29) is 35.1 Å². The third kappa shape index (κ3) is 5.07. The molecule has 1 aliphatic heterocycles. The normalized spacial score (nSPS) is 22.1. The number of anilines is 1. The molecule has 2 bridgehead atoms. The first kappa shape index (κ1) is 27.1. The molecule has 10 heteroatoms. The molecule has 0 spiro atoms. The lowest BCUT2D eigenvalue weighted by molar-refractivity contribution is 0.00683. The lowest BCUT2D eigenvalue weighted by Crippen LogP contribution is -2.40. The fourth-order valence-corrected chi connectivity index (χ4v) is 6.34. The summed E-state index contributed by atoms with van der Waals surface area (Å²) in [4.78, 5) is 27.9. The van der Waals surface area contributed by atoms with Crippen LogP contribution in [0.5, 0.6) is 0 Å². The second-order valence-corrected chi connectivity index (χ2v) is 12.6. The van der Waals surface area contributed by atoms with Crippen LogP contribution in [0.1, 0.15) is 78.8 Å². The highest BCUT2D eigenvalue weighted by molar-refractivity contribution is 6.39. The summed E-state index contributed by atoms with van der Waals surface area (Å²) in [5, 5.41) is 4.92. The number of carbonyl (C=O) groups excluding carboxylic acids is 2. The van der Waals surface area contributed by atoms with Crippen molar-refractivity contribution in [2.75, 3.05) is 11.4 Å². The first-order valence-corrected chi connectivity index (χ1v) is 14.2. The van der Waals surface area contributed by atoms with Crippen LogP contribution in [-0.2, 0) is 9.47 Å². The molecule has 2 saturated carbocycles. The summed E-state index contributed by atoms with van der Waals surface area (Å²) in [5.74, 6) is -0.893. The molecular formula is C30H29Cl2FN2O5. The molecule has 2 heterocycles. The maximum atomic E-state index is 15.1. The molecule has 3 fully saturated rings. The Morgan fingerprint density at radius 1 is 1.07 bits per heavy atom. The molecule has 2 aliphatic carbocycles. The topological polar surface area (TPSA) is 81.9 Å². The van der Waals surface area contributed by atoms with E-state index in [9.17, 15) is 9.59 Å². The minimum atomic E-state index is -0.668. The van der Waals surface area contributed by atoms with Gasteiger partial charge in [-0.1, -0.05) is 34.4 Å². The number of esters is 2. The third-order valence-corrected chi connectivity index (χ3v) is 8.33. The largest absolute Gasteiger partial charge is 0.458 e. The van der Waals surface area contributed by atoms with Gasteiger partial charge in [0.2, 0.25) is 0 Å². The Balaban J connectivity index is 1.18. The maximum absolute atomic E-state index is 15.1. The molecule has 0 N–H and O–H groups in total. The van der Waals surface area contributed by atoms with Crippen LogP contribution < -0.4 is 4.90 Å². The average Bonchev–Trinajstić information content (AvgIpc) is 3.32. The predicted molar refractivity (Wildman–Crippen MR) is 149 cm³/mol. The van der Waals surface area contributed by atoms with E-state index in [1.807, 2.05) is 4.90 Å². The average molecular weight is 587 g/mol. The zero-order valence-corrected chi connectivity index (χ0v) is 23.9. The van der Waals surface area contributed by atoms with Crippen LogP contribution >= 0.6 is 23.2 Å². The summed E-state index contributed by atoms with van der Waals surface area (Å²) >= 11 is 12.9. The zero-order chi connectivity index (χ0) is 28.3. The van der Waals surface area contributed by atoms with Crippen molar-refractivity contribution < 1.29 is 28.0 Å². The molecule has 1 aromatic heterocycles. The zero-order valence-electron chi connectivity index (χ0n) is 22.4. The molecule has 3 aliphatic rings. The summed E-state index contributed by atoms with van der Waals surface area (Å²) in [6.07, 6.45) is 2.83. The van der Waals surface area contributed by atoms with Gasteiger partial charge in [-0.15, -0.1) is 0 Å². The van der Waals surface area contributed by atoms with Crippen molar-refractivity contribution in [1.82, 2.24) is 5.16 Å². The molecule has 210 valence electrons. The number of benzene rings is 2. The van der Waals surface area contributed by atoms with Crippen molar-refractivity contribution in [2.45, 2.75) is 70.1 Å². The van der Waals surface area contributed by atoms with Crippen LogP contribution in [0.3, 0.4) is 0 Å². The SMILES string of the molecule is CC(C)(C)OC(=O)c1ccc(N2C[C@@H]3C[C@H]2C[C@H]3OC(=O)c2c(-c3c(Cl)cccc3Cl)noc2C2CC2)c(F)c1. The minimum Gasteiger partial charge on any atom is -0.458 e.